The van der Waals surface area contributed by atoms with Crippen molar-refractivity contribution in [3.63, 3.8) is 0 Å². The van der Waals surface area contributed by atoms with Crippen molar-refractivity contribution in [2.24, 2.45) is 17.3 Å². The first-order valence-electron chi connectivity index (χ1n) is 10.1. The number of hydrogen-bond donors (Lipinski definition) is 1. The molecule has 150 valence electrons. The summed E-state index contributed by atoms with van der Waals surface area (Å²) in [6.45, 7) is 8.14. The molecule has 0 bridgehead atoms. The molecule has 4 nitrogen and oxygen atoms in total. The van der Waals surface area contributed by atoms with Gasteiger partial charge in [0.1, 0.15) is 0 Å². The van der Waals surface area contributed by atoms with Crippen molar-refractivity contribution in [2.45, 2.75) is 82.3 Å². The van der Waals surface area contributed by atoms with Crippen LogP contribution in [-0.4, -0.2) is 23.6 Å². The van der Waals surface area contributed by atoms with Crippen molar-refractivity contribution < 1.29 is 14.3 Å². The molecule has 1 aromatic rings. The maximum absolute atomic E-state index is 13.1. The molecule has 1 saturated heterocycles. The van der Waals surface area contributed by atoms with Gasteiger partial charge in [0.15, 0.2) is 0 Å². The Kier molecular flexibility index (Phi) is 6.42. The molecule has 1 heterocycles. The molecule has 0 spiro atoms. The van der Waals surface area contributed by atoms with Gasteiger partial charge < -0.3 is 15.2 Å². The molecule has 5 heteroatoms. The number of carbonyl (C=O) groups is 1. The van der Waals surface area contributed by atoms with Crippen LogP contribution in [-0.2, 0) is 14.3 Å². The summed E-state index contributed by atoms with van der Waals surface area (Å²) in [4.78, 5) is 14.1. The minimum absolute atomic E-state index is 0.119. The summed E-state index contributed by atoms with van der Waals surface area (Å²) in [5.74, 6) is 0.0979. The van der Waals surface area contributed by atoms with Crippen LogP contribution in [0.15, 0.2) is 29.2 Å². The summed E-state index contributed by atoms with van der Waals surface area (Å²) in [7, 11) is 0. The van der Waals surface area contributed by atoms with Gasteiger partial charge in [0.2, 0.25) is 6.29 Å². The Morgan fingerprint density at radius 1 is 1.15 bits per heavy atom. The lowest BCUT2D eigenvalue weighted by Crippen LogP contribution is -2.52. The monoisotopic (exact) mass is 391 g/mol. The van der Waals surface area contributed by atoms with Gasteiger partial charge in [-0.05, 0) is 37.8 Å². The SMILES string of the molecule is C[C@H]1O[C@@H](C(C)(C)C)OC(=O)[C@@H]1[C@@H](Sc1ccccc1N)C1CCCCC1. The van der Waals surface area contributed by atoms with E-state index >= 15 is 0 Å². The third-order valence-electron chi connectivity index (χ3n) is 5.70. The van der Waals surface area contributed by atoms with Gasteiger partial charge in [-0.2, -0.15) is 0 Å². The topological polar surface area (TPSA) is 61.5 Å². The van der Waals surface area contributed by atoms with Gasteiger partial charge in [-0.3, -0.25) is 4.79 Å². The van der Waals surface area contributed by atoms with Gasteiger partial charge in [-0.15, -0.1) is 11.8 Å². The number of nitrogen functional groups attached to an aromatic ring is 1. The summed E-state index contributed by atoms with van der Waals surface area (Å²) >= 11 is 1.74. The van der Waals surface area contributed by atoms with E-state index in [1.165, 1.54) is 19.3 Å². The van der Waals surface area contributed by atoms with E-state index in [0.717, 1.165) is 23.4 Å². The first-order valence-corrected chi connectivity index (χ1v) is 11.0. The van der Waals surface area contributed by atoms with Crippen molar-refractivity contribution >= 4 is 23.4 Å². The number of nitrogens with two attached hydrogens (primary N) is 1. The minimum atomic E-state index is -0.491. The molecule has 2 aliphatic rings. The van der Waals surface area contributed by atoms with E-state index in [4.69, 9.17) is 15.2 Å². The lowest BCUT2D eigenvalue weighted by Gasteiger charge is -2.44. The maximum atomic E-state index is 13.1. The number of rotatable bonds is 4. The van der Waals surface area contributed by atoms with Crippen LogP contribution in [0.5, 0.6) is 0 Å². The van der Waals surface area contributed by atoms with Crippen LogP contribution >= 0.6 is 11.8 Å². The molecule has 0 radical (unpaired) electrons. The highest BCUT2D eigenvalue weighted by Crippen LogP contribution is 2.45. The number of thioether (sulfide) groups is 1. The molecule has 1 aromatic carbocycles. The third kappa shape index (κ3) is 4.80. The Bertz CT molecular complexity index is 651. The van der Waals surface area contributed by atoms with Gasteiger partial charge in [0, 0.05) is 21.2 Å². The van der Waals surface area contributed by atoms with Gasteiger partial charge in [0.05, 0.1) is 12.0 Å². The lowest BCUT2D eigenvalue weighted by molar-refractivity contribution is -0.254. The van der Waals surface area contributed by atoms with Crippen LogP contribution < -0.4 is 5.73 Å². The predicted octanol–water partition coefficient (Wildman–Crippen LogP) is 5.26. The first kappa shape index (κ1) is 20.5. The summed E-state index contributed by atoms with van der Waals surface area (Å²) < 4.78 is 12.0. The molecule has 1 aliphatic heterocycles. The quantitative estimate of drug-likeness (QED) is 0.431. The number of esters is 1. The van der Waals surface area contributed by atoms with E-state index in [0.29, 0.717) is 5.92 Å². The summed E-state index contributed by atoms with van der Waals surface area (Å²) in [5.41, 5.74) is 6.75. The molecule has 0 aromatic heterocycles. The minimum Gasteiger partial charge on any atom is -0.435 e. The van der Waals surface area contributed by atoms with Crippen LogP contribution in [0.2, 0.25) is 0 Å². The summed E-state index contributed by atoms with van der Waals surface area (Å²) in [5, 5.41) is 0.124. The van der Waals surface area contributed by atoms with E-state index in [1.54, 1.807) is 11.8 Å². The van der Waals surface area contributed by atoms with Crippen molar-refractivity contribution in [1.82, 2.24) is 0 Å². The molecule has 4 atom stereocenters. The molecule has 1 aliphatic carbocycles. The third-order valence-corrected chi connectivity index (χ3v) is 7.27. The van der Waals surface area contributed by atoms with Crippen molar-refractivity contribution in [3.8, 4) is 0 Å². The van der Waals surface area contributed by atoms with Gasteiger partial charge in [-0.1, -0.05) is 52.2 Å². The number of para-hydroxylation sites is 1. The van der Waals surface area contributed by atoms with Gasteiger partial charge >= 0.3 is 5.97 Å². The van der Waals surface area contributed by atoms with Crippen molar-refractivity contribution in [3.05, 3.63) is 24.3 Å². The highest BCUT2D eigenvalue weighted by Gasteiger charge is 2.47. The fourth-order valence-corrected chi connectivity index (χ4v) is 5.72. The predicted molar refractivity (Wildman–Crippen MR) is 110 cm³/mol. The molecule has 2 fully saturated rings. The van der Waals surface area contributed by atoms with Crippen LogP contribution in [0.1, 0.15) is 59.8 Å². The van der Waals surface area contributed by atoms with E-state index < -0.39 is 6.29 Å². The smallest absolute Gasteiger partial charge is 0.315 e. The first-order chi connectivity index (χ1) is 12.8. The van der Waals surface area contributed by atoms with Crippen LogP contribution in [0.25, 0.3) is 0 Å². The Morgan fingerprint density at radius 3 is 2.41 bits per heavy atom. The zero-order chi connectivity index (χ0) is 19.6. The average molecular weight is 392 g/mol. The second-order valence-corrected chi connectivity index (χ2v) is 10.2. The van der Waals surface area contributed by atoms with Crippen LogP contribution in [0, 0.1) is 17.3 Å². The average Bonchev–Trinajstić information content (AvgIpc) is 2.62. The van der Waals surface area contributed by atoms with E-state index in [9.17, 15) is 4.79 Å². The highest BCUT2D eigenvalue weighted by molar-refractivity contribution is 8.00. The number of carbonyl (C=O) groups excluding carboxylic acids is 1. The molecular formula is C22H33NO3S. The summed E-state index contributed by atoms with van der Waals surface area (Å²) in [6.07, 6.45) is 5.40. The zero-order valence-corrected chi connectivity index (χ0v) is 17.8. The Hall–Kier alpha value is -1.20. The molecule has 0 amide bonds. The second-order valence-electron chi connectivity index (χ2n) is 9.02. The molecule has 3 rings (SSSR count). The van der Waals surface area contributed by atoms with E-state index in [-0.39, 0.29) is 28.7 Å². The van der Waals surface area contributed by atoms with E-state index in [2.05, 4.69) is 0 Å². The van der Waals surface area contributed by atoms with Crippen LogP contribution in [0.3, 0.4) is 0 Å². The Morgan fingerprint density at radius 2 is 1.81 bits per heavy atom. The van der Waals surface area contributed by atoms with Crippen molar-refractivity contribution in [2.75, 3.05) is 5.73 Å². The Balaban J connectivity index is 1.85. The van der Waals surface area contributed by atoms with Crippen molar-refractivity contribution in [1.29, 1.82) is 0 Å². The molecule has 0 unspecified atom stereocenters. The number of cyclic esters (lactones) is 1. The fraction of sp³-hybridized carbons (Fsp3) is 0.682. The van der Waals surface area contributed by atoms with Gasteiger partial charge in [0.25, 0.3) is 0 Å². The largest absolute Gasteiger partial charge is 0.435 e. The lowest BCUT2D eigenvalue weighted by atomic mass is 9.80. The van der Waals surface area contributed by atoms with Gasteiger partial charge in [-0.25, -0.2) is 0 Å². The standard InChI is InChI=1S/C22H33NO3S/c1-14-18(20(24)26-21(25-14)22(2,3)4)19(15-10-6-5-7-11-15)27-17-13-9-8-12-16(17)23/h8-9,12-15,18-19,21H,5-7,10-11,23H2,1-4H3/t14-,18+,19+,21-/m1/s1. The molecule has 27 heavy (non-hydrogen) atoms. The molecular weight excluding hydrogens is 358 g/mol. The number of ether oxygens (including phenoxy) is 2. The number of benzene rings is 1. The fourth-order valence-electron chi connectivity index (χ4n) is 4.13. The maximum Gasteiger partial charge on any atom is 0.315 e. The van der Waals surface area contributed by atoms with E-state index in [1.807, 2.05) is 52.0 Å². The molecule has 2 N–H and O–H groups in total. The second kappa shape index (κ2) is 8.44. The zero-order valence-electron chi connectivity index (χ0n) is 16.9. The number of anilines is 1. The normalized spacial score (nSPS) is 28.6. The Labute approximate surface area is 167 Å². The summed E-state index contributed by atoms with van der Waals surface area (Å²) in [6, 6.07) is 7.93. The highest BCUT2D eigenvalue weighted by atomic mass is 32.2. The molecule has 1 saturated carbocycles. The number of hydrogen-bond acceptors (Lipinski definition) is 5. The van der Waals surface area contributed by atoms with Crippen LogP contribution in [0.4, 0.5) is 5.69 Å².